The highest BCUT2D eigenvalue weighted by molar-refractivity contribution is 5.93. The highest BCUT2D eigenvalue weighted by atomic mass is 16.5. The van der Waals surface area contributed by atoms with Crippen LogP contribution < -0.4 is 10.1 Å². The summed E-state index contributed by atoms with van der Waals surface area (Å²) in [6.45, 7) is 2.10. The molecule has 0 aliphatic heterocycles. The molecule has 0 amide bonds. The second-order valence-corrected chi connectivity index (χ2v) is 8.35. The molecule has 5 rings (SSSR count). The molecule has 3 heterocycles. The van der Waals surface area contributed by atoms with Gasteiger partial charge < -0.3 is 10.1 Å². The van der Waals surface area contributed by atoms with Crippen molar-refractivity contribution in [2.75, 3.05) is 12.4 Å². The summed E-state index contributed by atoms with van der Waals surface area (Å²) in [5.74, 6) is 1.85. The number of nitrogens with one attached hydrogen (secondary N) is 1. The lowest BCUT2D eigenvalue weighted by Gasteiger charge is -2.30. The molecule has 0 spiro atoms. The van der Waals surface area contributed by atoms with Crippen molar-refractivity contribution in [2.45, 2.75) is 44.8 Å². The molecule has 0 radical (unpaired) electrons. The molecule has 1 saturated carbocycles. The van der Waals surface area contributed by atoms with Gasteiger partial charge in [0.2, 0.25) is 0 Å². The average molecular weight is 417 g/mol. The summed E-state index contributed by atoms with van der Waals surface area (Å²) in [6.07, 6.45) is 10.2. The summed E-state index contributed by atoms with van der Waals surface area (Å²) in [4.78, 5) is 4.53. The summed E-state index contributed by atoms with van der Waals surface area (Å²) in [5, 5.41) is 13.6. The van der Waals surface area contributed by atoms with Gasteiger partial charge in [0.1, 0.15) is 17.3 Å². The van der Waals surface area contributed by atoms with Gasteiger partial charge in [-0.25, -0.2) is 4.98 Å². The Bertz CT molecular complexity index is 1200. The molecule has 1 aliphatic carbocycles. The minimum atomic E-state index is 0.256. The van der Waals surface area contributed by atoms with Crippen LogP contribution in [0.25, 0.3) is 22.2 Å². The van der Waals surface area contributed by atoms with Crippen molar-refractivity contribution in [2.24, 2.45) is 7.05 Å². The molecular weight excluding hydrogens is 388 g/mol. The summed E-state index contributed by atoms with van der Waals surface area (Å²) < 4.78 is 10.3. The maximum absolute atomic E-state index is 6.31. The van der Waals surface area contributed by atoms with E-state index in [1.165, 1.54) is 5.56 Å². The number of ether oxygens (including phenoxy) is 1. The molecule has 160 valence electrons. The summed E-state index contributed by atoms with van der Waals surface area (Å²) in [7, 11) is 3.82. The van der Waals surface area contributed by atoms with E-state index in [0.29, 0.717) is 6.04 Å². The normalized spacial score (nSPS) is 18.9. The largest absolute Gasteiger partial charge is 0.490 e. The maximum atomic E-state index is 6.31. The number of aromatic nitrogens is 5. The Morgan fingerprint density at radius 3 is 2.61 bits per heavy atom. The Morgan fingerprint density at radius 1 is 1.10 bits per heavy atom. The van der Waals surface area contributed by atoms with E-state index in [-0.39, 0.29) is 6.10 Å². The molecule has 0 unspecified atom stereocenters. The molecule has 1 fully saturated rings. The highest BCUT2D eigenvalue weighted by Gasteiger charge is 2.27. The fourth-order valence-corrected chi connectivity index (χ4v) is 4.48. The molecule has 4 aromatic rings. The van der Waals surface area contributed by atoms with Crippen LogP contribution in [0.2, 0.25) is 0 Å². The zero-order chi connectivity index (χ0) is 21.4. The zero-order valence-electron chi connectivity index (χ0n) is 18.2. The van der Waals surface area contributed by atoms with E-state index >= 15 is 0 Å². The first-order valence-electron chi connectivity index (χ1n) is 10.9. The van der Waals surface area contributed by atoms with Gasteiger partial charge in [-0.3, -0.25) is 9.36 Å². The minimum Gasteiger partial charge on any atom is -0.490 e. The van der Waals surface area contributed by atoms with E-state index in [1.54, 1.807) is 0 Å². The van der Waals surface area contributed by atoms with Crippen LogP contribution in [0.4, 0.5) is 5.82 Å². The van der Waals surface area contributed by atoms with E-state index < -0.39 is 0 Å². The Kier molecular flexibility index (Phi) is 5.10. The number of nitrogens with zero attached hydrogens (tertiary/aromatic N) is 5. The SMILES string of the molecule is CNc1cc2c(cn1)c(-c1cnn(C)c1)nn2C1CCC(Oc2ccccc2C)CC1. The van der Waals surface area contributed by atoms with Crippen LogP contribution in [0.1, 0.15) is 37.3 Å². The first kappa shape index (κ1) is 19.6. The van der Waals surface area contributed by atoms with Crippen molar-refractivity contribution in [3.05, 3.63) is 54.5 Å². The Hall–Kier alpha value is -3.35. The fourth-order valence-electron chi connectivity index (χ4n) is 4.48. The molecular formula is C24H28N6O. The van der Waals surface area contributed by atoms with Crippen molar-refractivity contribution in [1.29, 1.82) is 0 Å². The molecule has 0 atom stereocenters. The fraction of sp³-hybridized carbons (Fsp3) is 0.375. The number of anilines is 1. The summed E-state index contributed by atoms with van der Waals surface area (Å²) in [5.41, 5.74) is 4.26. The van der Waals surface area contributed by atoms with E-state index in [2.05, 4.69) is 51.3 Å². The van der Waals surface area contributed by atoms with Crippen molar-refractivity contribution >= 4 is 16.7 Å². The Labute approximate surface area is 182 Å². The standard InChI is InChI=1S/C24H28N6O/c1-16-6-4-5-7-22(16)31-19-10-8-18(9-11-19)30-21-12-23(25-2)26-14-20(21)24(28-30)17-13-27-29(3)15-17/h4-7,12-15,18-19H,8-11H2,1-3H3,(H,25,26). The number of pyridine rings is 1. The smallest absolute Gasteiger partial charge is 0.127 e. The van der Waals surface area contributed by atoms with Crippen molar-refractivity contribution < 1.29 is 4.74 Å². The summed E-state index contributed by atoms with van der Waals surface area (Å²) >= 11 is 0. The van der Waals surface area contributed by atoms with Crippen LogP contribution in [0.15, 0.2) is 48.9 Å². The molecule has 0 saturated heterocycles. The van der Waals surface area contributed by atoms with Crippen LogP contribution in [0.3, 0.4) is 0 Å². The molecule has 3 aromatic heterocycles. The predicted octanol–water partition coefficient (Wildman–Crippen LogP) is 4.74. The second-order valence-electron chi connectivity index (χ2n) is 8.35. The van der Waals surface area contributed by atoms with Gasteiger partial charge in [-0.2, -0.15) is 10.2 Å². The second kappa shape index (κ2) is 8.06. The van der Waals surface area contributed by atoms with Gasteiger partial charge in [-0.05, 0) is 44.2 Å². The number of para-hydroxylation sites is 1. The van der Waals surface area contributed by atoms with Gasteiger partial charge in [-0.15, -0.1) is 0 Å². The third-order valence-corrected chi connectivity index (χ3v) is 6.20. The number of hydrogen-bond acceptors (Lipinski definition) is 5. The molecule has 0 bridgehead atoms. The first-order chi connectivity index (χ1) is 15.1. The molecule has 1 N–H and O–H groups in total. The van der Waals surface area contributed by atoms with Crippen LogP contribution in [-0.4, -0.2) is 37.7 Å². The Balaban J connectivity index is 1.42. The molecule has 1 aromatic carbocycles. The quantitative estimate of drug-likeness (QED) is 0.509. The number of benzene rings is 1. The van der Waals surface area contributed by atoms with Gasteiger partial charge >= 0.3 is 0 Å². The van der Waals surface area contributed by atoms with Crippen molar-refractivity contribution in [3.63, 3.8) is 0 Å². The van der Waals surface area contributed by atoms with E-state index in [0.717, 1.165) is 59.4 Å². The van der Waals surface area contributed by atoms with E-state index in [4.69, 9.17) is 9.84 Å². The van der Waals surface area contributed by atoms with Crippen LogP contribution in [-0.2, 0) is 7.05 Å². The monoisotopic (exact) mass is 416 g/mol. The number of fused-ring (bicyclic) bond motifs is 1. The van der Waals surface area contributed by atoms with Gasteiger partial charge in [0.25, 0.3) is 0 Å². The van der Waals surface area contributed by atoms with Crippen LogP contribution in [0, 0.1) is 6.92 Å². The lowest BCUT2D eigenvalue weighted by Crippen LogP contribution is -2.26. The molecule has 7 heteroatoms. The number of aryl methyl sites for hydroxylation is 2. The van der Waals surface area contributed by atoms with Gasteiger partial charge in [0.15, 0.2) is 0 Å². The van der Waals surface area contributed by atoms with E-state index in [9.17, 15) is 0 Å². The van der Waals surface area contributed by atoms with Crippen LogP contribution in [0.5, 0.6) is 5.75 Å². The third-order valence-electron chi connectivity index (χ3n) is 6.20. The van der Waals surface area contributed by atoms with Gasteiger partial charge in [0, 0.05) is 43.5 Å². The molecule has 1 aliphatic rings. The number of rotatable bonds is 5. The zero-order valence-corrected chi connectivity index (χ0v) is 18.2. The van der Waals surface area contributed by atoms with Crippen molar-refractivity contribution in [3.8, 4) is 17.0 Å². The van der Waals surface area contributed by atoms with Crippen molar-refractivity contribution in [1.82, 2.24) is 24.5 Å². The topological polar surface area (TPSA) is 69.8 Å². The molecule has 7 nitrogen and oxygen atoms in total. The third kappa shape index (κ3) is 3.76. The Morgan fingerprint density at radius 2 is 1.90 bits per heavy atom. The predicted molar refractivity (Wildman–Crippen MR) is 122 cm³/mol. The minimum absolute atomic E-state index is 0.256. The lowest BCUT2D eigenvalue weighted by molar-refractivity contribution is 0.130. The molecule has 31 heavy (non-hydrogen) atoms. The number of hydrogen-bond donors (Lipinski definition) is 1. The van der Waals surface area contributed by atoms with Gasteiger partial charge in [-0.1, -0.05) is 18.2 Å². The highest BCUT2D eigenvalue weighted by Crippen LogP contribution is 2.36. The average Bonchev–Trinajstić information content (AvgIpc) is 3.39. The van der Waals surface area contributed by atoms with E-state index in [1.807, 2.05) is 43.4 Å². The first-order valence-corrected chi connectivity index (χ1v) is 10.9. The maximum Gasteiger partial charge on any atom is 0.127 e. The lowest BCUT2D eigenvalue weighted by atomic mass is 9.93. The summed E-state index contributed by atoms with van der Waals surface area (Å²) in [6, 6.07) is 10.7. The van der Waals surface area contributed by atoms with Crippen LogP contribution >= 0.6 is 0 Å². The van der Waals surface area contributed by atoms with Gasteiger partial charge in [0.05, 0.1) is 23.9 Å².